The summed E-state index contributed by atoms with van der Waals surface area (Å²) < 4.78 is 0. The lowest BCUT2D eigenvalue weighted by molar-refractivity contribution is 0.437. The van der Waals surface area contributed by atoms with E-state index in [-0.39, 0.29) is 0 Å². The first kappa shape index (κ1) is 13.9. The highest BCUT2D eigenvalue weighted by Gasteiger charge is 2.20. The number of thioether (sulfide) groups is 1. The largest absolute Gasteiger partial charge is 0.310 e. The van der Waals surface area contributed by atoms with Crippen molar-refractivity contribution >= 4 is 11.8 Å². The quantitative estimate of drug-likeness (QED) is 0.762. The van der Waals surface area contributed by atoms with Crippen LogP contribution >= 0.6 is 11.8 Å². The molecule has 3 heteroatoms. The molecule has 1 fully saturated rings. The van der Waals surface area contributed by atoms with Gasteiger partial charge in [-0.15, -0.1) is 11.8 Å². The van der Waals surface area contributed by atoms with E-state index in [1.807, 2.05) is 11.8 Å². The smallest absolute Gasteiger partial charge is 0.0210 e. The predicted octanol–water partition coefficient (Wildman–Crippen LogP) is 2.90. The van der Waals surface area contributed by atoms with Crippen molar-refractivity contribution in [2.24, 2.45) is 0 Å². The highest BCUT2D eigenvalue weighted by atomic mass is 32.2. The van der Waals surface area contributed by atoms with Crippen molar-refractivity contribution in [2.75, 3.05) is 26.4 Å². The topological polar surface area (TPSA) is 15.3 Å². The number of aryl methyl sites for hydroxylation is 1. The van der Waals surface area contributed by atoms with Gasteiger partial charge in [-0.1, -0.05) is 6.07 Å². The third-order valence-electron chi connectivity index (χ3n) is 3.28. The van der Waals surface area contributed by atoms with Gasteiger partial charge in [0.25, 0.3) is 0 Å². The first-order valence-corrected chi connectivity index (χ1v) is 7.74. The Balaban J connectivity index is 1.83. The molecule has 0 atom stereocenters. The molecule has 0 radical (unpaired) electrons. The van der Waals surface area contributed by atoms with Crippen LogP contribution in [0.3, 0.4) is 0 Å². The highest BCUT2D eigenvalue weighted by molar-refractivity contribution is 7.99. The maximum Gasteiger partial charge on any atom is 0.0210 e. The summed E-state index contributed by atoms with van der Waals surface area (Å²) in [5.74, 6) is 1.16. The van der Waals surface area contributed by atoms with E-state index in [4.69, 9.17) is 0 Å². The molecular weight excluding hydrogens is 240 g/mol. The van der Waals surface area contributed by atoms with E-state index in [0.29, 0.717) is 0 Å². The highest BCUT2D eigenvalue weighted by Crippen LogP contribution is 2.23. The summed E-state index contributed by atoms with van der Waals surface area (Å²) in [4.78, 5) is 3.62. The number of hydrogen-bond donors (Lipinski definition) is 1. The number of nitrogens with zero attached hydrogens (tertiary/aromatic N) is 1. The van der Waals surface area contributed by atoms with Crippen LogP contribution in [0.1, 0.15) is 24.0 Å². The number of benzene rings is 1. The lowest BCUT2D eigenvalue weighted by Crippen LogP contribution is -2.16. The summed E-state index contributed by atoms with van der Waals surface area (Å²) in [6.07, 6.45) is 2.72. The van der Waals surface area contributed by atoms with Gasteiger partial charge in [-0.3, -0.25) is 0 Å². The molecule has 0 saturated heterocycles. The van der Waals surface area contributed by atoms with Crippen LogP contribution in [0.15, 0.2) is 23.1 Å². The zero-order chi connectivity index (χ0) is 13.0. The molecule has 18 heavy (non-hydrogen) atoms. The molecule has 0 amide bonds. The SMILES string of the molecule is Cc1cc(SCCN(C)C)ccc1CNC1CC1. The number of nitrogens with one attached hydrogen (secondary N) is 1. The summed E-state index contributed by atoms with van der Waals surface area (Å²) in [5, 5.41) is 3.58. The second-order valence-corrected chi connectivity index (χ2v) is 6.56. The Labute approximate surface area is 115 Å². The minimum Gasteiger partial charge on any atom is -0.310 e. The molecule has 100 valence electrons. The van der Waals surface area contributed by atoms with Gasteiger partial charge in [0.15, 0.2) is 0 Å². The van der Waals surface area contributed by atoms with Gasteiger partial charge in [-0.05, 0) is 57.1 Å². The summed E-state index contributed by atoms with van der Waals surface area (Å²) >= 11 is 1.95. The van der Waals surface area contributed by atoms with Crippen LogP contribution in [0.4, 0.5) is 0 Å². The second-order valence-electron chi connectivity index (χ2n) is 5.40. The minimum absolute atomic E-state index is 0.790. The van der Waals surface area contributed by atoms with Crippen molar-refractivity contribution in [2.45, 2.75) is 37.2 Å². The van der Waals surface area contributed by atoms with Crippen LogP contribution in [-0.2, 0) is 6.54 Å². The van der Waals surface area contributed by atoms with Crippen LogP contribution in [0.2, 0.25) is 0 Å². The van der Waals surface area contributed by atoms with Crippen LogP contribution < -0.4 is 5.32 Å². The molecule has 2 nitrogen and oxygen atoms in total. The Morgan fingerprint density at radius 1 is 1.33 bits per heavy atom. The van der Waals surface area contributed by atoms with E-state index >= 15 is 0 Å². The van der Waals surface area contributed by atoms with Crippen molar-refractivity contribution in [1.29, 1.82) is 0 Å². The number of hydrogen-bond acceptors (Lipinski definition) is 3. The predicted molar refractivity (Wildman–Crippen MR) is 80.3 cm³/mol. The summed E-state index contributed by atoms with van der Waals surface area (Å²) in [5.41, 5.74) is 2.86. The molecule has 0 spiro atoms. The van der Waals surface area contributed by atoms with Gasteiger partial charge in [0.05, 0.1) is 0 Å². The maximum absolute atomic E-state index is 3.58. The lowest BCUT2D eigenvalue weighted by atomic mass is 10.1. The second kappa shape index (κ2) is 6.60. The van der Waals surface area contributed by atoms with Gasteiger partial charge in [0.2, 0.25) is 0 Å². The Kier molecular flexibility index (Phi) is 5.10. The zero-order valence-corrected chi connectivity index (χ0v) is 12.5. The van der Waals surface area contributed by atoms with E-state index < -0.39 is 0 Å². The van der Waals surface area contributed by atoms with Crippen molar-refractivity contribution < 1.29 is 0 Å². The third-order valence-corrected chi connectivity index (χ3v) is 4.25. The van der Waals surface area contributed by atoms with Crippen LogP contribution in [0, 0.1) is 6.92 Å². The Hall–Kier alpha value is -0.510. The average Bonchev–Trinajstić information content (AvgIpc) is 3.11. The van der Waals surface area contributed by atoms with E-state index in [1.54, 1.807) is 0 Å². The minimum atomic E-state index is 0.790. The Morgan fingerprint density at radius 3 is 2.72 bits per heavy atom. The summed E-state index contributed by atoms with van der Waals surface area (Å²) in [6, 6.07) is 7.66. The Bertz CT molecular complexity index is 386. The van der Waals surface area contributed by atoms with Gasteiger partial charge in [0, 0.05) is 29.8 Å². The zero-order valence-electron chi connectivity index (χ0n) is 11.7. The molecule has 2 rings (SSSR count). The lowest BCUT2D eigenvalue weighted by Gasteiger charge is -2.11. The van der Waals surface area contributed by atoms with Gasteiger partial charge in [0.1, 0.15) is 0 Å². The molecule has 0 unspecified atom stereocenters. The standard InChI is InChI=1S/C15H24N2S/c1-12-10-15(18-9-8-17(2)3)7-4-13(12)11-16-14-5-6-14/h4,7,10,14,16H,5-6,8-9,11H2,1-3H3. The summed E-state index contributed by atoms with van der Waals surface area (Å²) in [6.45, 7) is 4.38. The molecule has 1 N–H and O–H groups in total. The average molecular weight is 264 g/mol. The van der Waals surface area contributed by atoms with Crippen molar-refractivity contribution in [3.63, 3.8) is 0 Å². The molecular formula is C15H24N2S. The normalized spacial score (nSPS) is 15.3. The summed E-state index contributed by atoms with van der Waals surface area (Å²) in [7, 11) is 4.25. The molecule has 0 heterocycles. The fraction of sp³-hybridized carbons (Fsp3) is 0.600. The fourth-order valence-electron chi connectivity index (χ4n) is 1.84. The fourth-order valence-corrected chi connectivity index (χ4v) is 2.96. The van der Waals surface area contributed by atoms with E-state index in [1.165, 1.54) is 28.9 Å². The first-order chi connectivity index (χ1) is 8.65. The first-order valence-electron chi connectivity index (χ1n) is 6.75. The van der Waals surface area contributed by atoms with Crippen LogP contribution in [0.25, 0.3) is 0 Å². The maximum atomic E-state index is 3.58. The molecule has 1 aromatic carbocycles. The third kappa shape index (κ3) is 4.63. The molecule has 1 aliphatic rings. The molecule has 1 aromatic rings. The van der Waals surface area contributed by atoms with Crippen molar-refractivity contribution in [1.82, 2.24) is 10.2 Å². The van der Waals surface area contributed by atoms with E-state index in [9.17, 15) is 0 Å². The van der Waals surface area contributed by atoms with Crippen LogP contribution in [0.5, 0.6) is 0 Å². The van der Waals surface area contributed by atoms with Gasteiger partial charge >= 0.3 is 0 Å². The van der Waals surface area contributed by atoms with Gasteiger partial charge in [-0.25, -0.2) is 0 Å². The molecule has 1 aliphatic carbocycles. The molecule has 0 aliphatic heterocycles. The molecule has 0 aromatic heterocycles. The Morgan fingerprint density at radius 2 is 2.11 bits per heavy atom. The van der Waals surface area contributed by atoms with E-state index in [0.717, 1.165) is 24.9 Å². The van der Waals surface area contributed by atoms with Crippen molar-refractivity contribution in [3.05, 3.63) is 29.3 Å². The van der Waals surface area contributed by atoms with Crippen LogP contribution in [-0.4, -0.2) is 37.3 Å². The van der Waals surface area contributed by atoms with E-state index in [2.05, 4.69) is 49.4 Å². The number of rotatable bonds is 7. The molecule has 0 bridgehead atoms. The monoisotopic (exact) mass is 264 g/mol. The molecule has 1 saturated carbocycles. The van der Waals surface area contributed by atoms with Gasteiger partial charge < -0.3 is 10.2 Å². The van der Waals surface area contributed by atoms with Crippen molar-refractivity contribution in [3.8, 4) is 0 Å². The van der Waals surface area contributed by atoms with Gasteiger partial charge in [-0.2, -0.15) is 0 Å².